The predicted molar refractivity (Wildman–Crippen MR) is 81.7 cm³/mol. The van der Waals surface area contributed by atoms with Gasteiger partial charge in [-0.05, 0) is 32.9 Å². The fraction of sp³-hybridized carbons (Fsp3) is 0.429. The summed E-state index contributed by atoms with van der Waals surface area (Å²) in [6, 6.07) is 4.63. The van der Waals surface area contributed by atoms with Crippen LogP contribution in [0.2, 0.25) is 0 Å². The second-order valence-corrected chi connectivity index (χ2v) is 8.58. The van der Waals surface area contributed by atoms with Crippen molar-refractivity contribution in [3.63, 3.8) is 0 Å². The van der Waals surface area contributed by atoms with Gasteiger partial charge >= 0.3 is 0 Å². The molecule has 0 bridgehead atoms. The number of alkyl halides is 2. The second-order valence-electron chi connectivity index (χ2n) is 5.70. The fourth-order valence-corrected chi connectivity index (χ4v) is 2.92. The summed E-state index contributed by atoms with van der Waals surface area (Å²) in [7, 11) is -1.35. The first-order chi connectivity index (χ1) is 9.11. The molecule has 2 rings (SSSR count). The van der Waals surface area contributed by atoms with Gasteiger partial charge in [-0.3, -0.25) is 0 Å². The van der Waals surface area contributed by atoms with Crippen LogP contribution in [0.4, 0.5) is 8.78 Å². The maximum Gasteiger partial charge on any atom is 0.277 e. The minimum absolute atomic E-state index is 0.0309. The Hall–Kier alpha value is -0.750. The molecule has 110 valence electrons. The number of benzene rings is 1. The summed E-state index contributed by atoms with van der Waals surface area (Å²) in [5, 5.41) is 0. The summed E-state index contributed by atoms with van der Waals surface area (Å²) in [5.41, 5.74) is 0.866. The van der Waals surface area contributed by atoms with E-state index in [2.05, 4.69) is 20.7 Å². The first kappa shape index (κ1) is 15.6. The van der Waals surface area contributed by atoms with E-state index < -0.39 is 21.7 Å². The summed E-state index contributed by atoms with van der Waals surface area (Å²) in [5.74, 6) is -2.88. The highest BCUT2D eigenvalue weighted by atomic mass is 79.9. The third-order valence-electron chi connectivity index (χ3n) is 2.99. The number of nitrogens with one attached hydrogen (secondary N) is 1. The van der Waals surface area contributed by atoms with Crippen molar-refractivity contribution in [1.29, 1.82) is 0 Å². The first-order valence-corrected chi connectivity index (χ1v) is 8.12. The number of hydrogen-bond donors (Lipinski definition) is 1. The van der Waals surface area contributed by atoms with Gasteiger partial charge in [0.1, 0.15) is 11.0 Å². The van der Waals surface area contributed by atoms with Gasteiger partial charge in [0.15, 0.2) is 0 Å². The molecule has 1 unspecified atom stereocenters. The van der Waals surface area contributed by atoms with E-state index in [-0.39, 0.29) is 12.0 Å². The van der Waals surface area contributed by atoms with Crippen LogP contribution >= 0.6 is 15.9 Å². The van der Waals surface area contributed by atoms with Crippen LogP contribution in [0.1, 0.15) is 38.3 Å². The Balaban J connectivity index is 2.41. The number of halogens is 3. The van der Waals surface area contributed by atoms with E-state index in [4.69, 9.17) is 0 Å². The largest absolute Gasteiger partial charge is 0.304 e. The highest BCUT2D eigenvalue weighted by molar-refractivity contribution is 9.10. The Morgan fingerprint density at radius 2 is 2.00 bits per heavy atom. The molecular weight excluding hydrogens is 348 g/mol. The molecule has 2 nitrogen and oxygen atoms in total. The quantitative estimate of drug-likeness (QED) is 0.831. The Morgan fingerprint density at radius 3 is 2.60 bits per heavy atom. The van der Waals surface area contributed by atoms with Crippen LogP contribution in [0.3, 0.4) is 0 Å². The van der Waals surface area contributed by atoms with Crippen molar-refractivity contribution in [2.45, 2.75) is 37.9 Å². The van der Waals surface area contributed by atoms with Crippen LogP contribution < -0.4 is 4.72 Å². The van der Waals surface area contributed by atoms with Gasteiger partial charge in [-0.15, -0.1) is 0 Å². The van der Waals surface area contributed by atoms with Crippen LogP contribution in [0, 0.1) is 0 Å². The van der Waals surface area contributed by atoms with Gasteiger partial charge in [0, 0.05) is 22.0 Å². The van der Waals surface area contributed by atoms with Crippen molar-refractivity contribution in [2.75, 3.05) is 0 Å². The Kier molecular flexibility index (Phi) is 4.08. The van der Waals surface area contributed by atoms with Crippen LogP contribution in [0.25, 0.3) is 5.70 Å². The molecule has 20 heavy (non-hydrogen) atoms. The van der Waals surface area contributed by atoms with Crippen molar-refractivity contribution in [2.24, 2.45) is 0 Å². The molecule has 1 N–H and O–H groups in total. The minimum atomic E-state index is -2.88. The molecule has 0 saturated carbocycles. The predicted octanol–water partition coefficient (Wildman–Crippen LogP) is 4.34. The summed E-state index contributed by atoms with van der Waals surface area (Å²) < 4.78 is 43.1. The van der Waals surface area contributed by atoms with E-state index in [1.807, 2.05) is 20.8 Å². The highest BCUT2D eigenvalue weighted by Gasteiger charge is 2.37. The first-order valence-electron chi connectivity index (χ1n) is 6.18. The summed E-state index contributed by atoms with van der Waals surface area (Å²) in [6.07, 6.45) is 1.03. The maximum absolute atomic E-state index is 13.9. The molecule has 1 aromatic carbocycles. The molecule has 0 radical (unpaired) electrons. The smallest absolute Gasteiger partial charge is 0.277 e. The lowest BCUT2D eigenvalue weighted by molar-refractivity contribution is -0.00263. The molecule has 6 heteroatoms. The molecule has 0 saturated heterocycles. The van der Waals surface area contributed by atoms with Gasteiger partial charge in [-0.25, -0.2) is 13.0 Å². The third kappa shape index (κ3) is 3.11. The van der Waals surface area contributed by atoms with E-state index in [1.165, 1.54) is 12.1 Å². The molecule has 0 fully saturated rings. The fourth-order valence-electron chi connectivity index (χ4n) is 1.86. The molecule has 0 spiro atoms. The Morgan fingerprint density at radius 1 is 1.35 bits per heavy atom. The standard InChI is InChI=1S/C14H16BrF2NOS/c1-13(2,3)20(19)18-12-6-7-14(16,17)11-5-4-9(15)8-10(11)12/h4-6,8,18H,7H2,1-3H3. The van der Waals surface area contributed by atoms with E-state index >= 15 is 0 Å². The summed E-state index contributed by atoms with van der Waals surface area (Å²) in [4.78, 5) is 0. The van der Waals surface area contributed by atoms with Gasteiger partial charge in [0.2, 0.25) is 0 Å². The molecule has 1 aromatic rings. The van der Waals surface area contributed by atoms with E-state index in [0.29, 0.717) is 15.7 Å². The average molecular weight is 364 g/mol. The van der Waals surface area contributed by atoms with Gasteiger partial charge in [-0.1, -0.05) is 28.1 Å². The monoisotopic (exact) mass is 363 g/mol. The van der Waals surface area contributed by atoms with Crippen molar-refractivity contribution >= 4 is 32.6 Å². The van der Waals surface area contributed by atoms with Crippen LogP contribution in [-0.2, 0) is 16.9 Å². The lowest BCUT2D eigenvalue weighted by atomic mass is 9.92. The number of rotatable bonds is 2. The average Bonchev–Trinajstić information content (AvgIpc) is 2.31. The van der Waals surface area contributed by atoms with Crippen LogP contribution in [0.5, 0.6) is 0 Å². The highest BCUT2D eigenvalue weighted by Crippen LogP contribution is 2.42. The van der Waals surface area contributed by atoms with E-state index in [1.54, 1.807) is 12.1 Å². The topological polar surface area (TPSA) is 29.1 Å². The Labute approximate surface area is 128 Å². The SMILES string of the molecule is CC(C)(C)S(=O)NC1=CCC(F)(F)c2ccc(Br)cc21. The van der Waals surface area contributed by atoms with Crippen LogP contribution in [-0.4, -0.2) is 8.96 Å². The maximum atomic E-state index is 13.9. The number of fused-ring (bicyclic) bond motifs is 1. The van der Waals surface area contributed by atoms with Crippen molar-refractivity contribution < 1.29 is 13.0 Å². The molecule has 0 heterocycles. The number of allylic oxidation sites excluding steroid dienone is 1. The van der Waals surface area contributed by atoms with Gasteiger partial charge in [0.25, 0.3) is 5.92 Å². The molecule has 1 aliphatic carbocycles. The zero-order valence-corrected chi connectivity index (χ0v) is 13.9. The lowest BCUT2D eigenvalue weighted by Crippen LogP contribution is -2.34. The van der Waals surface area contributed by atoms with Gasteiger partial charge < -0.3 is 4.72 Å². The zero-order chi connectivity index (χ0) is 15.1. The van der Waals surface area contributed by atoms with Crippen molar-refractivity contribution in [3.05, 3.63) is 39.9 Å². The zero-order valence-electron chi connectivity index (χ0n) is 11.5. The minimum Gasteiger partial charge on any atom is -0.304 e. The van der Waals surface area contributed by atoms with Crippen molar-refractivity contribution in [3.8, 4) is 0 Å². The molecule has 1 aliphatic rings. The summed E-state index contributed by atoms with van der Waals surface area (Å²) in [6.45, 7) is 5.49. The molecule has 0 amide bonds. The Bertz CT molecular complexity index is 593. The number of hydrogen-bond acceptors (Lipinski definition) is 1. The van der Waals surface area contributed by atoms with Gasteiger partial charge in [0.05, 0.1) is 10.4 Å². The van der Waals surface area contributed by atoms with Gasteiger partial charge in [-0.2, -0.15) is 0 Å². The molecule has 0 aliphatic heterocycles. The molecule has 0 aromatic heterocycles. The lowest BCUT2D eigenvalue weighted by Gasteiger charge is -2.28. The summed E-state index contributed by atoms with van der Waals surface area (Å²) >= 11 is 3.29. The van der Waals surface area contributed by atoms with Crippen LogP contribution in [0.15, 0.2) is 28.7 Å². The molecule has 1 atom stereocenters. The van der Waals surface area contributed by atoms with E-state index in [9.17, 15) is 13.0 Å². The third-order valence-corrected chi connectivity index (χ3v) is 5.00. The molecular formula is C14H16BrF2NOS. The normalized spacial score (nSPS) is 19.0. The van der Waals surface area contributed by atoms with Crippen molar-refractivity contribution in [1.82, 2.24) is 4.72 Å². The second kappa shape index (κ2) is 5.22. The van der Waals surface area contributed by atoms with E-state index in [0.717, 1.165) is 0 Å².